The number of nitrogens with zero attached hydrogens (tertiary/aromatic N) is 1. The monoisotopic (exact) mass is 263 g/mol. The van der Waals surface area contributed by atoms with Gasteiger partial charge in [-0.3, -0.25) is 14.9 Å². The molecule has 0 heterocycles. The highest BCUT2D eigenvalue weighted by Crippen LogP contribution is 2.39. The van der Waals surface area contributed by atoms with Gasteiger partial charge in [-0.25, -0.2) is 0 Å². The number of hydrogen-bond donors (Lipinski definition) is 2. The van der Waals surface area contributed by atoms with Crippen molar-refractivity contribution in [2.75, 3.05) is 5.73 Å². The summed E-state index contributed by atoms with van der Waals surface area (Å²) in [6, 6.07) is 4.02. The topological polar surface area (TPSA) is 98.3 Å². The second-order valence-corrected chi connectivity index (χ2v) is 5.48. The van der Waals surface area contributed by atoms with Crippen molar-refractivity contribution in [2.24, 2.45) is 5.92 Å². The number of nitrogens with two attached hydrogens (primary N) is 1. The summed E-state index contributed by atoms with van der Waals surface area (Å²) in [5.74, 6) is -0.00698. The van der Waals surface area contributed by atoms with Crippen LogP contribution in [0.2, 0.25) is 0 Å². The lowest BCUT2D eigenvalue weighted by atomic mass is 9.98. The Morgan fingerprint density at radius 3 is 2.63 bits per heavy atom. The summed E-state index contributed by atoms with van der Waals surface area (Å²) >= 11 is 0. The zero-order valence-corrected chi connectivity index (χ0v) is 11.0. The van der Waals surface area contributed by atoms with Crippen LogP contribution in [0.3, 0.4) is 0 Å². The molecule has 19 heavy (non-hydrogen) atoms. The first-order valence-electron chi connectivity index (χ1n) is 6.17. The largest absolute Gasteiger partial charge is 0.399 e. The maximum Gasteiger partial charge on any atom is 0.282 e. The third kappa shape index (κ3) is 2.83. The van der Waals surface area contributed by atoms with Crippen LogP contribution >= 0.6 is 0 Å². The maximum atomic E-state index is 12.2. The van der Waals surface area contributed by atoms with Gasteiger partial charge in [-0.05, 0) is 44.7 Å². The number of nitro benzene ring substituents is 1. The van der Waals surface area contributed by atoms with Crippen LogP contribution in [0.4, 0.5) is 11.4 Å². The first-order valence-corrected chi connectivity index (χ1v) is 6.17. The minimum atomic E-state index is -0.571. The molecule has 0 atom stereocenters. The van der Waals surface area contributed by atoms with Gasteiger partial charge in [-0.15, -0.1) is 0 Å². The van der Waals surface area contributed by atoms with Gasteiger partial charge in [0.2, 0.25) is 0 Å². The number of rotatable bonds is 4. The molecule has 0 saturated heterocycles. The lowest BCUT2D eigenvalue weighted by Crippen LogP contribution is -2.45. The Bertz CT molecular complexity index is 536. The Morgan fingerprint density at radius 1 is 1.47 bits per heavy atom. The van der Waals surface area contributed by atoms with E-state index in [0.29, 0.717) is 11.6 Å². The van der Waals surface area contributed by atoms with E-state index in [2.05, 4.69) is 5.32 Å². The summed E-state index contributed by atoms with van der Waals surface area (Å²) in [7, 11) is 0. The number of hydrogen-bond acceptors (Lipinski definition) is 4. The Balaban J connectivity index is 2.27. The quantitative estimate of drug-likeness (QED) is 0.493. The second-order valence-electron chi connectivity index (χ2n) is 5.48. The van der Waals surface area contributed by atoms with Crippen LogP contribution in [0.15, 0.2) is 18.2 Å². The first-order chi connectivity index (χ1) is 8.81. The highest BCUT2D eigenvalue weighted by Gasteiger charge is 2.39. The van der Waals surface area contributed by atoms with E-state index in [1.807, 2.05) is 13.8 Å². The van der Waals surface area contributed by atoms with Crippen molar-refractivity contribution >= 4 is 17.3 Å². The van der Waals surface area contributed by atoms with Crippen molar-refractivity contribution in [3.05, 3.63) is 33.9 Å². The van der Waals surface area contributed by atoms with Gasteiger partial charge in [-0.2, -0.15) is 0 Å². The summed E-state index contributed by atoms with van der Waals surface area (Å²) < 4.78 is 0. The first kappa shape index (κ1) is 13.3. The molecule has 6 nitrogen and oxygen atoms in total. The molecule has 1 aromatic carbocycles. The molecule has 0 radical (unpaired) electrons. The SMILES string of the molecule is CC(C)(NC(=O)c1cc(N)ccc1[N+](=O)[O-])C1CC1. The molecule has 0 unspecified atom stereocenters. The summed E-state index contributed by atoms with van der Waals surface area (Å²) in [6.45, 7) is 3.86. The molecule has 1 aromatic rings. The standard InChI is InChI=1S/C13H17N3O3/c1-13(2,8-3-4-8)15-12(17)10-7-9(14)5-6-11(10)16(18)19/h5-8H,3-4,14H2,1-2H3,(H,15,17). The Morgan fingerprint density at radius 2 is 2.11 bits per heavy atom. The molecule has 0 spiro atoms. The molecule has 1 fully saturated rings. The smallest absolute Gasteiger partial charge is 0.282 e. The molecule has 3 N–H and O–H groups in total. The van der Waals surface area contributed by atoms with E-state index < -0.39 is 10.8 Å². The van der Waals surface area contributed by atoms with Crippen LogP contribution in [0, 0.1) is 16.0 Å². The fraction of sp³-hybridized carbons (Fsp3) is 0.462. The maximum absolute atomic E-state index is 12.2. The Hall–Kier alpha value is -2.11. The van der Waals surface area contributed by atoms with Crippen LogP contribution in [0.5, 0.6) is 0 Å². The summed E-state index contributed by atoms with van der Waals surface area (Å²) in [5.41, 5.74) is 5.37. The normalized spacial score (nSPS) is 15.1. The lowest BCUT2D eigenvalue weighted by Gasteiger charge is -2.26. The van der Waals surface area contributed by atoms with Crippen molar-refractivity contribution in [1.82, 2.24) is 5.32 Å². The van der Waals surface area contributed by atoms with E-state index in [4.69, 9.17) is 5.73 Å². The van der Waals surface area contributed by atoms with Gasteiger partial charge in [0.1, 0.15) is 5.56 Å². The van der Waals surface area contributed by atoms with Crippen LogP contribution in [0.25, 0.3) is 0 Å². The van der Waals surface area contributed by atoms with Crippen molar-refractivity contribution in [1.29, 1.82) is 0 Å². The summed E-state index contributed by atoms with van der Waals surface area (Å²) in [6.07, 6.45) is 2.15. The van der Waals surface area contributed by atoms with E-state index in [-0.39, 0.29) is 16.8 Å². The highest BCUT2D eigenvalue weighted by molar-refractivity contribution is 5.99. The van der Waals surface area contributed by atoms with Gasteiger partial charge < -0.3 is 11.1 Å². The predicted molar refractivity (Wildman–Crippen MR) is 71.8 cm³/mol. The molecule has 0 aromatic heterocycles. The van der Waals surface area contributed by atoms with Crippen molar-refractivity contribution in [2.45, 2.75) is 32.2 Å². The molecule has 6 heteroatoms. The highest BCUT2D eigenvalue weighted by atomic mass is 16.6. The van der Waals surface area contributed by atoms with Gasteiger partial charge in [0.25, 0.3) is 11.6 Å². The Labute approximate surface area is 111 Å². The van der Waals surface area contributed by atoms with E-state index in [1.54, 1.807) is 0 Å². The number of nitrogen functional groups attached to an aromatic ring is 1. The fourth-order valence-corrected chi connectivity index (χ4v) is 2.16. The second kappa shape index (κ2) is 4.53. The van der Waals surface area contributed by atoms with E-state index in [0.717, 1.165) is 12.8 Å². The van der Waals surface area contributed by atoms with Crippen molar-refractivity contribution in [3.8, 4) is 0 Å². The lowest BCUT2D eigenvalue weighted by molar-refractivity contribution is -0.385. The molecule has 1 aliphatic rings. The molecule has 0 bridgehead atoms. The van der Waals surface area contributed by atoms with Crippen LogP contribution in [-0.2, 0) is 0 Å². The number of nitrogens with one attached hydrogen (secondary N) is 1. The number of carbonyl (C=O) groups is 1. The average Bonchev–Trinajstić information content (AvgIpc) is 3.11. The van der Waals surface area contributed by atoms with Gasteiger partial charge >= 0.3 is 0 Å². The van der Waals surface area contributed by atoms with Crippen molar-refractivity contribution < 1.29 is 9.72 Å². The molecule has 0 aliphatic heterocycles. The molecule has 1 amide bonds. The van der Waals surface area contributed by atoms with E-state index in [9.17, 15) is 14.9 Å². The summed E-state index contributed by atoms with van der Waals surface area (Å²) in [4.78, 5) is 22.6. The van der Waals surface area contributed by atoms with E-state index >= 15 is 0 Å². The number of benzene rings is 1. The van der Waals surface area contributed by atoms with Crippen molar-refractivity contribution in [3.63, 3.8) is 0 Å². The zero-order valence-electron chi connectivity index (χ0n) is 11.0. The molecule has 2 rings (SSSR count). The van der Waals surface area contributed by atoms with Crippen LogP contribution < -0.4 is 11.1 Å². The predicted octanol–water partition coefficient (Wildman–Crippen LogP) is 2.10. The number of amides is 1. The van der Waals surface area contributed by atoms with Gasteiger partial charge in [0, 0.05) is 17.3 Å². The molecular weight excluding hydrogens is 246 g/mol. The van der Waals surface area contributed by atoms with Crippen LogP contribution in [-0.4, -0.2) is 16.4 Å². The molecule has 1 saturated carbocycles. The minimum absolute atomic E-state index is 0.0127. The van der Waals surface area contributed by atoms with E-state index in [1.165, 1.54) is 18.2 Å². The number of carbonyl (C=O) groups excluding carboxylic acids is 1. The summed E-state index contributed by atoms with van der Waals surface area (Å²) in [5, 5.41) is 13.8. The third-order valence-corrected chi connectivity index (χ3v) is 3.50. The van der Waals surface area contributed by atoms with Gasteiger partial charge in [0.15, 0.2) is 0 Å². The third-order valence-electron chi connectivity index (χ3n) is 3.50. The zero-order chi connectivity index (χ0) is 14.2. The van der Waals surface area contributed by atoms with Gasteiger partial charge in [0.05, 0.1) is 4.92 Å². The number of nitro groups is 1. The fourth-order valence-electron chi connectivity index (χ4n) is 2.16. The van der Waals surface area contributed by atoms with Gasteiger partial charge in [-0.1, -0.05) is 0 Å². The minimum Gasteiger partial charge on any atom is -0.399 e. The molecular formula is C13H17N3O3. The number of anilines is 1. The molecule has 1 aliphatic carbocycles. The van der Waals surface area contributed by atoms with Crippen LogP contribution in [0.1, 0.15) is 37.0 Å². The average molecular weight is 263 g/mol. The molecule has 102 valence electrons. The Kier molecular flexibility index (Phi) is 3.18.